The predicted octanol–water partition coefficient (Wildman–Crippen LogP) is 2.60. The third-order valence-corrected chi connectivity index (χ3v) is 4.13. The van der Waals surface area contributed by atoms with Crippen LogP contribution in [0.25, 0.3) is 0 Å². The van der Waals surface area contributed by atoms with E-state index in [1.165, 1.54) is 11.1 Å². The van der Waals surface area contributed by atoms with E-state index in [-0.39, 0.29) is 17.9 Å². The van der Waals surface area contributed by atoms with Crippen LogP contribution in [0.4, 0.5) is 0 Å². The summed E-state index contributed by atoms with van der Waals surface area (Å²) in [7, 11) is 0. The number of hydrogen-bond acceptors (Lipinski definition) is 4. The van der Waals surface area contributed by atoms with E-state index in [0.717, 1.165) is 26.2 Å². The van der Waals surface area contributed by atoms with Crippen LogP contribution in [0.5, 0.6) is 0 Å². The lowest BCUT2D eigenvalue weighted by Crippen LogP contribution is -2.45. The Balaban J connectivity index is 0.00000192. The zero-order chi connectivity index (χ0) is 15.6. The molecule has 0 aliphatic carbocycles. The van der Waals surface area contributed by atoms with E-state index in [1.807, 2.05) is 29.3 Å². The molecule has 0 aromatic carbocycles. The zero-order valence-corrected chi connectivity index (χ0v) is 14.9. The molecule has 3 rings (SSSR count). The molecule has 0 saturated carbocycles. The van der Waals surface area contributed by atoms with Crippen molar-refractivity contribution in [3.05, 3.63) is 48.0 Å². The Hall–Kier alpha value is -1.43. The van der Waals surface area contributed by atoms with Gasteiger partial charge in [-0.25, -0.2) is 0 Å². The molecule has 0 radical (unpaired) electrons. The maximum atomic E-state index is 4.51. The quantitative estimate of drug-likeness (QED) is 0.936. The molecule has 1 saturated heterocycles. The fourth-order valence-corrected chi connectivity index (χ4v) is 2.88. The summed E-state index contributed by atoms with van der Waals surface area (Å²) in [5.74, 6) is 0. The average molecular weight is 336 g/mol. The summed E-state index contributed by atoms with van der Waals surface area (Å²) < 4.78 is 2.05. The van der Waals surface area contributed by atoms with Crippen LogP contribution >= 0.6 is 12.4 Å². The number of hydrogen-bond donors (Lipinski definition) is 1. The van der Waals surface area contributed by atoms with Gasteiger partial charge >= 0.3 is 0 Å². The Labute approximate surface area is 144 Å². The van der Waals surface area contributed by atoms with E-state index >= 15 is 0 Å². The lowest BCUT2D eigenvalue weighted by molar-refractivity contribution is 0.153. The normalized spacial score (nSPS) is 19.3. The molecular formula is C17H26ClN5. The lowest BCUT2D eigenvalue weighted by atomic mass is 10.0. The van der Waals surface area contributed by atoms with Crippen LogP contribution < -0.4 is 5.32 Å². The summed E-state index contributed by atoms with van der Waals surface area (Å²) in [5, 5.41) is 8.00. The molecule has 1 N–H and O–H groups in total. The van der Waals surface area contributed by atoms with Gasteiger partial charge in [0.2, 0.25) is 0 Å². The summed E-state index contributed by atoms with van der Waals surface area (Å²) in [6, 6.07) is 4.55. The van der Waals surface area contributed by atoms with Gasteiger partial charge in [0.1, 0.15) is 0 Å². The minimum Gasteiger partial charge on any atom is -0.314 e. The van der Waals surface area contributed by atoms with E-state index in [9.17, 15) is 0 Å². The predicted molar refractivity (Wildman–Crippen MR) is 94.7 cm³/mol. The highest BCUT2D eigenvalue weighted by Crippen LogP contribution is 2.24. The van der Waals surface area contributed by atoms with Crippen molar-refractivity contribution in [2.24, 2.45) is 0 Å². The molecule has 2 aromatic rings. The van der Waals surface area contributed by atoms with Gasteiger partial charge in [0.15, 0.2) is 0 Å². The highest BCUT2D eigenvalue weighted by Gasteiger charge is 2.24. The molecule has 6 heteroatoms. The monoisotopic (exact) mass is 335 g/mol. The SMILES string of the molecule is CC(C)(C)n1cc(CN2CCNCC2c2cccnc2)cn1.Cl. The van der Waals surface area contributed by atoms with Crippen LogP contribution in [0.1, 0.15) is 37.9 Å². The van der Waals surface area contributed by atoms with Gasteiger partial charge in [-0.2, -0.15) is 5.10 Å². The number of nitrogens with one attached hydrogen (secondary N) is 1. The van der Waals surface area contributed by atoms with Crippen LogP contribution in [0, 0.1) is 0 Å². The molecule has 0 bridgehead atoms. The molecule has 2 aromatic heterocycles. The number of pyridine rings is 1. The second kappa shape index (κ2) is 7.43. The Morgan fingerprint density at radius 3 is 2.78 bits per heavy atom. The van der Waals surface area contributed by atoms with Crippen LogP contribution in [-0.2, 0) is 12.1 Å². The summed E-state index contributed by atoms with van der Waals surface area (Å²) >= 11 is 0. The van der Waals surface area contributed by atoms with Crippen molar-refractivity contribution in [2.75, 3.05) is 19.6 Å². The van der Waals surface area contributed by atoms with E-state index in [0.29, 0.717) is 6.04 Å². The third kappa shape index (κ3) is 4.31. The first-order valence-corrected chi connectivity index (χ1v) is 7.93. The Morgan fingerprint density at radius 1 is 1.30 bits per heavy atom. The van der Waals surface area contributed by atoms with Crippen molar-refractivity contribution in [1.82, 2.24) is 25.0 Å². The summed E-state index contributed by atoms with van der Waals surface area (Å²) in [5.41, 5.74) is 2.58. The molecule has 23 heavy (non-hydrogen) atoms. The van der Waals surface area contributed by atoms with E-state index in [4.69, 9.17) is 0 Å². The van der Waals surface area contributed by atoms with Crippen molar-refractivity contribution in [3.63, 3.8) is 0 Å². The molecule has 0 spiro atoms. The second-order valence-electron chi connectivity index (χ2n) is 6.94. The maximum absolute atomic E-state index is 4.51. The van der Waals surface area contributed by atoms with E-state index in [1.54, 1.807) is 0 Å². The number of halogens is 1. The highest BCUT2D eigenvalue weighted by molar-refractivity contribution is 5.85. The van der Waals surface area contributed by atoms with Crippen molar-refractivity contribution >= 4 is 12.4 Å². The van der Waals surface area contributed by atoms with Gasteiger partial charge in [-0.1, -0.05) is 6.07 Å². The smallest absolute Gasteiger partial charge is 0.0543 e. The summed E-state index contributed by atoms with van der Waals surface area (Å²) in [6.45, 7) is 10.5. The van der Waals surface area contributed by atoms with E-state index < -0.39 is 0 Å². The van der Waals surface area contributed by atoms with Gasteiger partial charge in [-0.05, 0) is 32.4 Å². The number of piperazine rings is 1. The zero-order valence-electron chi connectivity index (χ0n) is 14.1. The minimum absolute atomic E-state index is 0. The van der Waals surface area contributed by atoms with Gasteiger partial charge in [0.05, 0.1) is 11.7 Å². The van der Waals surface area contributed by atoms with E-state index in [2.05, 4.69) is 53.3 Å². The molecule has 5 nitrogen and oxygen atoms in total. The first-order valence-electron chi connectivity index (χ1n) is 7.93. The van der Waals surface area contributed by atoms with Crippen molar-refractivity contribution < 1.29 is 0 Å². The molecule has 1 unspecified atom stereocenters. The fraction of sp³-hybridized carbons (Fsp3) is 0.529. The fourth-order valence-electron chi connectivity index (χ4n) is 2.88. The number of nitrogens with zero attached hydrogens (tertiary/aromatic N) is 4. The van der Waals surface area contributed by atoms with Crippen molar-refractivity contribution in [1.29, 1.82) is 0 Å². The van der Waals surface area contributed by atoms with Gasteiger partial charge in [0, 0.05) is 56.4 Å². The van der Waals surface area contributed by atoms with Crippen molar-refractivity contribution in [3.8, 4) is 0 Å². The van der Waals surface area contributed by atoms with Crippen LogP contribution in [0.15, 0.2) is 36.9 Å². The standard InChI is InChI=1S/C17H25N5.ClH/c1-17(2,3)22-13-14(9-20-22)12-21-8-7-19-11-16(21)15-5-4-6-18-10-15;/h4-6,9-10,13,16,19H,7-8,11-12H2,1-3H3;1H. The Bertz CT molecular complexity index is 605. The first kappa shape index (κ1) is 17.9. The summed E-state index contributed by atoms with van der Waals surface area (Å²) in [6.07, 6.45) is 7.97. The number of rotatable bonds is 3. The van der Waals surface area contributed by atoms with Crippen molar-refractivity contribution in [2.45, 2.75) is 38.9 Å². The molecule has 1 fully saturated rings. The molecule has 1 atom stereocenters. The second-order valence-corrected chi connectivity index (χ2v) is 6.94. The molecule has 1 aliphatic heterocycles. The Kier molecular flexibility index (Phi) is 5.79. The van der Waals surface area contributed by atoms with Crippen LogP contribution in [0.3, 0.4) is 0 Å². The van der Waals surface area contributed by atoms with Gasteiger partial charge in [-0.3, -0.25) is 14.6 Å². The lowest BCUT2D eigenvalue weighted by Gasteiger charge is -2.36. The summed E-state index contributed by atoms with van der Waals surface area (Å²) in [4.78, 5) is 6.78. The van der Waals surface area contributed by atoms with Gasteiger partial charge < -0.3 is 5.32 Å². The first-order chi connectivity index (χ1) is 10.5. The minimum atomic E-state index is 0. The molecule has 126 valence electrons. The Morgan fingerprint density at radius 2 is 2.13 bits per heavy atom. The van der Waals surface area contributed by atoms with Crippen LogP contribution in [-0.4, -0.2) is 39.3 Å². The highest BCUT2D eigenvalue weighted by atomic mass is 35.5. The van der Waals surface area contributed by atoms with Gasteiger partial charge in [0.25, 0.3) is 0 Å². The molecular weight excluding hydrogens is 310 g/mol. The average Bonchev–Trinajstić information content (AvgIpc) is 2.97. The van der Waals surface area contributed by atoms with Gasteiger partial charge in [-0.15, -0.1) is 12.4 Å². The topological polar surface area (TPSA) is 46.0 Å². The molecule has 0 amide bonds. The van der Waals surface area contributed by atoms with Crippen LogP contribution in [0.2, 0.25) is 0 Å². The molecule has 3 heterocycles. The maximum Gasteiger partial charge on any atom is 0.0543 e. The molecule has 1 aliphatic rings. The third-order valence-electron chi connectivity index (χ3n) is 4.13. The number of aromatic nitrogens is 3. The largest absolute Gasteiger partial charge is 0.314 e.